The molecule has 3 nitrogen and oxygen atoms in total. The second-order valence-corrected chi connectivity index (χ2v) is 5.91. The van der Waals surface area contributed by atoms with Gasteiger partial charge in [-0.2, -0.15) is 13.2 Å². The Morgan fingerprint density at radius 2 is 1.95 bits per heavy atom. The Balaban J connectivity index is 1.87. The van der Waals surface area contributed by atoms with Crippen molar-refractivity contribution in [2.75, 3.05) is 13.1 Å². The Morgan fingerprint density at radius 1 is 1.32 bits per heavy atom. The van der Waals surface area contributed by atoms with E-state index in [4.69, 9.17) is 0 Å². The van der Waals surface area contributed by atoms with Crippen LogP contribution >= 0.6 is 0 Å². The second kappa shape index (κ2) is 6.69. The van der Waals surface area contributed by atoms with E-state index in [-0.39, 0.29) is 11.9 Å². The topological polar surface area (TPSA) is 32.3 Å². The Labute approximate surface area is 128 Å². The Hall–Kier alpha value is -1.56. The lowest BCUT2D eigenvalue weighted by molar-refractivity contribution is -0.137. The van der Waals surface area contributed by atoms with Crippen LogP contribution in [-0.2, 0) is 17.5 Å². The minimum absolute atomic E-state index is 0.0908. The first kappa shape index (κ1) is 16.8. The van der Waals surface area contributed by atoms with Gasteiger partial charge >= 0.3 is 6.18 Å². The molecule has 0 aliphatic carbocycles. The van der Waals surface area contributed by atoms with Crippen molar-refractivity contribution >= 4 is 5.91 Å². The number of alkyl halides is 3. The predicted molar refractivity (Wildman–Crippen MR) is 78.1 cm³/mol. The van der Waals surface area contributed by atoms with Crippen molar-refractivity contribution < 1.29 is 18.0 Å². The van der Waals surface area contributed by atoms with E-state index in [2.05, 4.69) is 12.2 Å². The third-order valence-electron chi connectivity index (χ3n) is 4.20. The molecule has 1 amide bonds. The largest absolute Gasteiger partial charge is 0.416 e. The highest BCUT2D eigenvalue weighted by molar-refractivity contribution is 5.73. The number of rotatable bonds is 3. The third kappa shape index (κ3) is 4.22. The zero-order valence-electron chi connectivity index (χ0n) is 12.8. The summed E-state index contributed by atoms with van der Waals surface area (Å²) >= 11 is 0. The minimum atomic E-state index is -4.29. The number of piperidine rings is 1. The molecule has 1 aromatic rings. The van der Waals surface area contributed by atoms with Crippen LogP contribution in [0.4, 0.5) is 13.2 Å². The molecular weight excluding hydrogens is 293 g/mol. The molecule has 1 heterocycles. The average molecular weight is 314 g/mol. The summed E-state index contributed by atoms with van der Waals surface area (Å²) in [6.07, 6.45) is -3.43. The SMILES string of the molecule is CC(=O)N1CC[C@@H](NCc2ccc(C(F)(F)F)cc2)[C@H](C)C1. The van der Waals surface area contributed by atoms with Gasteiger partial charge in [0, 0.05) is 32.6 Å². The molecule has 0 unspecified atom stereocenters. The molecule has 0 saturated carbocycles. The van der Waals surface area contributed by atoms with E-state index in [1.807, 2.05) is 4.90 Å². The first-order valence-corrected chi connectivity index (χ1v) is 7.42. The van der Waals surface area contributed by atoms with E-state index < -0.39 is 11.7 Å². The number of hydrogen-bond donors (Lipinski definition) is 1. The highest BCUT2D eigenvalue weighted by Gasteiger charge is 2.30. The molecular formula is C16H21F3N2O. The number of amides is 1. The van der Waals surface area contributed by atoms with Gasteiger partial charge in [-0.05, 0) is 30.0 Å². The molecule has 0 spiro atoms. The van der Waals surface area contributed by atoms with Crippen LogP contribution in [0.1, 0.15) is 31.4 Å². The molecule has 0 bridgehead atoms. The van der Waals surface area contributed by atoms with Crippen LogP contribution in [0, 0.1) is 5.92 Å². The van der Waals surface area contributed by atoms with E-state index >= 15 is 0 Å². The number of benzene rings is 1. The molecule has 0 aromatic heterocycles. The van der Waals surface area contributed by atoms with Crippen molar-refractivity contribution in [3.8, 4) is 0 Å². The van der Waals surface area contributed by atoms with Gasteiger partial charge in [-0.3, -0.25) is 4.79 Å². The number of likely N-dealkylation sites (tertiary alicyclic amines) is 1. The second-order valence-electron chi connectivity index (χ2n) is 5.91. The number of hydrogen-bond acceptors (Lipinski definition) is 2. The number of carbonyl (C=O) groups excluding carboxylic acids is 1. The lowest BCUT2D eigenvalue weighted by Gasteiger charge is -2.37. The fourth-order valence-electron chi connectivity index (χ4n) is 2.80. The highest BCUT2D eigenvalue weighted by Crippen LogP contribution is 2.29. The van der Waals surface area contributed by atoms with Crippen molar-refractivity contribution in [3.05, 3.63) is 35.4 Å². The van der Waals surface area contributed by atoms with Crippen LogP contribution in [0.15, 0.2) is 24.3 Å². The highest BCUT2D eigenvalue weighted by atomic mass is 19.4. The summed E-state index contributed by atoms with van der Waals surface area (Å²) in [6, 6.07) is 5.51. The van der Waals surface area contributed by atoms with Crippen LogP contribution < -0.4 is 5.32 Å². The normalized spacial score (nSPS) is 22.7. The molecule has 1 fully saturated rings. The molecule has 2 atom stereocenters. The number of nitrogens with zero attached hydrogens (tertiary/aromatic N) is 1. The van der Waals surface area contributed by atoms with Crippen molar-refractivity contribution in [3.63, 3.8) is 0 Å². The van der Waals surface area contributed by atoms with Gasteiger partial charge in [0.25, 0.3) is 0 Å². The lowest BCUT2D eigenvalue weighted by Crippen LogP contribution is -2.49. The smallest absolute Gasteiger partial charge is 0.343 e. The summed E-state index contributed by atoms with van der Waals surface area (Å²) in [7, 11) is 0. The first-order chi connectivity index (χ1) is 10.3. The molecule has 1 aromatic carbocycles. The van der Waals surface area contributed by atoms with Crippen molar-refractivity contribution in [2.24, 2.45) is 5.92 Å². The monoisotopic (exact) mass is 314 g/mol. The molecule has 1 aliphatic heterocycles. The fraction of sp³-hybridized carbons (Fsp3) is 0.562. The van der Waals surface area contributed by atoms with Crippen molar-refractivity contribution in [1.82, 2.24) is 10.2 Å². The summed E-state index contributed by atoms with van der Waals surface area (Å²) in [6.45, 7) is 5.64. The summed E-state index contributed by atoms with van der Waals surface area (Å²) in [4.78, 5) is 13.2. The first-order valence-electron chi connectivity index (χ1n) is 7.42. The van der Waals surface area contributed by atoms with E-state index in [9.17, 15) is 18.0 Å². The van der Waals surface area contributed by atoms with Gasteiger partial charge < -0.3 is 10.2 Å². The van der Waals surface area contributed by atoms with E-state index in [1.165, 1.54) is 12.1 Å². The third-order valence-corrected chi connectivity index (χ3v) is 4.20. The van der Waals surface area contributed by atoms with E-state index in [0.717, 1.165) is 37.2 Å². The molecule has 1 saturated heterocycles. The number of carbonyl (C=O) groups is 1. The van der Waals surface area contributed by atoms with Crippen LogP contribution in [0.2, 0.25) is 0 Å². The van der Waals surface area contributed by atoms with Crippen LogP contribution in [0.3, 0.4) is 0 Å². The zero-order valence-corrected chi connectivity index (χ0v) is 12.8. The summed E-state index contributed by atoms with van der Waals surface area (Å²) in [5, 5.41) is 3.39. The van der Waals surface area contributed by atoms with Crippen LogP contribution in [0.5, 0.6) is 0 Å². The Morgan fingerprint density at radius 3 is 2.45 bits per heavy atom. The van der Waals surface area contributed by atoms with Gasteiger partial charge in [-0.1, -0.05) is 19.1 Å². The predicted octanol–water partition coefficient (Wildman–Crippen LogP) is 3.05. The van der Waals surface area contributed by atoms with Gasteiger partial charge in [0.2, 0.25) is 5.91 Å². The standard InChI is InChI=1S/C16H21F3N2O/c1-11-10-21(12(2)22)8-7-15(11)20-9-13-3-5-14(6-4-13)16(17,18)19/h3-6,11,15,20H,7-10H2,1-2H3/t11-,15-/m1/s1. The molecule has 0 radical (unpaired) electrons. The summed E-state index contributed by atoms with van der Waals surface area (Å²) in [5.41, 5.74) is 0.202. The Bertz CT molecular complexity index is 513. The molecule has 1 N–H and O–H groups in total. The van der Waals surface area contributed by atoms with Crippen molar-refractivity contribution in [1.29, 1.82) is 0 Å². The number of halogens is 3. The summed E-state index contributed by atoms with van der Waals surface area (Å²) < 4.78 is 37.5. The fourth-order valence-corrected chi connectivity index (χ4v) is 2.80. The van der Waals surface area contributed by atoms with Crippen LogP contribution in [0.25, 0.3) is 0 Å². The van der Waals surface area contributed by atoms with Gasteiger partial charge in [0.15, 0.2) is 0 Å². The maximum Gasteiger partial charge on any atom is 0.416 e. The van der Waals surface area contributed by atoms with Gasteiger partial charge in [-0.15, -0.1) is 0 Å². The quantitative estimate of drug-likeness (QED) is 0.930. The van der Waals surface area contributed by atoms with Gasteiger partial charge in [0.05, 0.1) is 5.56 Å². The molecule has 1 aliphatic rings. The lowest BCUT2D eigenvalue weighted by atomic mass is 9.93. The van der Waals surface area contributed by atoms with E-state index in [1.54, 1.807) is 6.92 Å². The van der Waals surface area contributed by atoms with E-state index in [0.29, 0.717) is 12.5 Å². The maximum absolute atomic E-state index is 12.5. The minimum Gasteiger partial charge on any atom is -0.343 e. The molecule has 6 heteroatoms. The van der Waals surface area contributed by atoms with Crippen molar-refractivity contribution in [2.45, 2.75) is 39.0 Å². The average Bonchev–Trinajstić information content (AvgIpc) is 2.45. The maximum atomic E-state index is 12.5. The molecule has 2 rings (SSSR count). The zero-order chi connectivity index (χ0) is 16.3. The molecule has 22 heavy (non-hydrogen) atoms. The van der Waals surface area contributed by atoms with Gasteiger partial charge in [-0.25, -0.2) is 0 Å². The van der Waals surface area contributed by atoms with Crippen LogP contribution in [-0.4, -0.2) is 29.9 Å². The Kier molecular flexibility index (Phi) is 5.11. The van der Waals surface area contributed by atoms with Gasteiger partial charge in [0.1, 0.15) is 0 Å². The molecule has 122 valence electrons. The summed E-state index contributed by atoms with van der Waals surface area (Å²) in [5.74, 6) is 0.417. The number of nitrogens with one attached hydrogen (secondary N) is 1.